The SMILES string of the molecule is C/C=C1\CCC/C(=C/C(C)(C)C)C1=O. The maximum Gasteiger partial charge on any atom is 0.184 e. The van der Waals surface area contributed by atoms with Gasteiger partial charge in [0.25, 0.3) is 0 Å². The van der Waals surface area contributed by atoms with Crippen LogP contribution in [0, 0.1) is 5.41 Å². The third kappa shape index (κ3) is 2.83. The number of hydrogen-bond acceptors (Lipinski definition) is 1. The van der Waals surface area contributed by atoms with E-state index in [9.17, 15) is 4.79 Å². The molecule has 78 valence electrons. The summed E-state index contributed by atoms with van der Waals surface area (Å²) in [4.78, 5) is 11.9. The zero-order valence-electron chi connectivity index (χ0n) is 9.68. The second-order valence-electron chi connectivity index (χ2n) is 5.03. The quantitative estimate of drug-likeness (QED) is 0.535. The lowest BCUT2D eigenvalue weighted by atomic mass is 9.84. The minimum absolute atomic E-state index is 0.112. The number of rotatable bonds is 0. The Bertz CT molecular complexity index is 287. The van der Waals surface area contributed by atoms with E-state index in [1.165, 1.54) is 0 Å². The van der Waals surface area contributed by atoms with Gasteiger partial charge in [0.2, 0.25) is 0 Å². The van der Waals surface area contributed by atoms with Crippen LogP contribution in [0.1, 0.15) is 47.0 Å². The molecule has 14 heavy (non-hydrogen) atoms. The highest BCUT2D eigenvalue weighted by molar-refractivity contribution is 6.08. The summed E-state index contributed by atoms with van der Waals surface area (Å²) in [6, 6.07) is 0. The molecule has 1 aliphatic rings. The molecule has 0 amide bonds. The molecule has 1 aliphatic carbocycles. The van der Waals surface area contributed by atoms with Crippen LogP contribution in [0.2, 0.25) is 0 Å². The van der Waals surface area contributed by atoms with E-state index in [-0.39, 0.29) is 11.2 Å². The highest BCUT2D eigenvalue weighted by Gasteiger charge is 2.21. The molecule has 1 saturated carbocycles. The van der Waals surface area contributed by atoms with Gasteiger partial charge < -0.3 is 0 Å². The summed E-state index contributed by atoms with van der Waals surface area (Å²) in [5, 5.41) is 0. The minimum atomic E-state index is 0.112. The van der Waals surface area contributed by atoms with Crippen molar-refractivity contribution in [2.45, 2.75) is 47.0 Å². The van der Waals surface area contributed by atoms with Crippen LogP contribution in [0.4, 0.5) is 0 Å². The molecule has 1 nitrogen and oxygen atoms in total. The maximum atomic E-state index is 11.9. The molecule has 0 spiro atoms. The van der Waals surface area contributed by atoms with Crippen LogP contribution in [0.15, 0.2) is 23.3 Å². The Morgan fingerprint density at radius 3 is 2.21 bits per heavy atom. The average molecular weight is 192 g/mol. The molecular weight excluding hydrogens is 172 g/mol. The van der Waals surface area contributed by atoms with Gasteiger partial charge in [-0.3, -0.25) is 4.79 Å². The molecule has 1 fully saturated rings. The molecule has 0 aromatic carbocycles. The summed E-state index contributed by atoms with van der Waals surface area (Å²) in [7, 11) is 0. The summed E-state index contributed by atoms with van der Waals surface area (Å²) in [6.45, 7) is 8.36. The van der Waals surface area contributed by atoms with Gasteiger partial charge in [0.05, 0.1) is 0 Å². The fourth-order valence-electron chi connectivity index (χ4n) is 1.84. The Balaban J connectivity index is 2.91. The van der Waals surface area contributed by atoms with Crippen LogP contribution in [0.3, 0.4) is 0 Å². The standard InChI is InChI=1S/C13H20O/c1-5-10-7-6-8-11(12(10)14)9-13(2,3)4/h5,9H,6-8H2,1-4H3/b10-5+,11-9-. The van der Waals surface area contributed by atoms with Crippen molar-refractivity contribution < 1.29 is 4.79 Å². The van der Waals surface area contributed by atoms with E-state index in [0.29, 0.717) is 0 Å². The van der Waals surface area contributed by atoms with E-state index in [4.69, 9.17) is 0 Å². The van der Waals surface area contributed by atoms with E-state index in [1.54, 1.807) is 0 Å². The highest BCUT2D eigenvalue weighted by atomic mass is 16.1. The number of carbonyl (C=O) groups is 1. The van der Waals surface area contributed by atoms with Crippen molar-refractivity contribution in [1.82, 2.24) is 0 Å². The molecule has 0 radical (unpaired) electrons. The lowest BCUT2D eigenvalue weighted by molar-refractivity contribution is -0.113. The van der Waals surface area contributed by atoms with Crippen LogP contribution in [-0.2, 0) is 4.79 Å². The Kier molecular flexibility index (Phi) is 3.30. The third-order valence-electron chi connectivity index (χ3n) is 2.43. The van der Waals surface area contributed by atoms with Crippen molar-refractivity contribution >= 4 is 5.78 Å². The monoisotopic (exact) mass is 192 g/mol. The lowest BCUT2D eigenvalue weighted by Gasteiger charge is -2.20. The van der Waals surface area contributed by atoms with Crippen LogP contribution < -0.4 is 0 Å². The van der Waals surface area contributed by atoms with Gasteiger partial charge in [-0.1, -0.05) is 32.9 Å². The molecule has 0 atom stereocenters. The van der Waals surface area contributed by atoms with Gasteiger partial charge >= 0.3 is 0 Å². The van der Waals surface area contributed by atoms with Gasteiger partial charge in [0.1, 0.15) is 0 Å². The normalized spacial score (nSPS) is 24.7. The zero-order valence-corrected chi connectivity index (χ0v) is 9.68. The summed E-state index contributed by atoms with van der Waals surface area (Å²) >= 11 is 0. The smallest absolute Gasteiger partial charge is 0.184 e. The molecule has 1 rings (SSSR count). The second-order valence-corrected chi connectivity index (χ2v) is 5.03. The Morgan fingerprint density at radius 2 is 1.71 bits per heavy atom. The van der Waals surface area contributed by atoms with Crippen molar-refractivity contribution in [2.24, 2.45) is 5.41 Å². The van der Waals surface area contributed by atoms with E-state index in [0.717, 1.165) is 30.4 Å². The molecule has 0 N–H and O–H groups in total. The molecule has 0 aromatic heterocycles. The van der Waals surface area contributed by atoms with E-state index >= 15 is 0 Å². The van der Waals surface area contributed by atoms with Gasteiger partial charge in [-0.05, 0) is 42.7 Å². The van der Waals surface area contributed by atoms with Crippen LogP contribution >= 0.6 is 0 Å². The van der Waals surface area contributed by atoms with Gasteiger partial charge in [0.15, 0.2) is 5.78 Å². The van der Waals surface area contributed by atoms with Crippen molar-refractivity contribution in [3.8, 4) is 0 Å². The van der Waals surface area contributed by atoms with Crippen molar-refractivity contribution in [2.75, 3.05) is 0 Å². The van der Waals surface area contributed by atoms with Gasteiger partial charge in [-0.2, -0.15) is 0 Å². The Hall–Kier alpha value is -0.850. The summed E-state index contributed by atoms with van der Waals surface area (Å²) < 4.78 is 0. The zero-order chi connectivity index (χ0) is 10.8. The van der Waals surface area contributed by atoms with Crippen LogP contribution in [0.25, 0.3) is 0 Å². The largest absolute Gasteiger partial charge is 0.289 e. The van der Waals surface area contributed by atoms with Crippen molar-refractivity contribution in [3.05, 3.63) is 23.3 Å². The topological polar surface area (TPSA) is 17.1 Å². The molecule has 0 heterocycles. The van der Waals surface area contributed by atoms with E-state index < -0.39 is 0 Å². The Labute approximate surface area is 86.9 Å². The first-order valence-corrected chi connectivity index (χ1v) is 5.35. The molecule has 0 aromatic rings. The third-order valence-corrected chi connectivity index (χ3v) is 2.43. The van der Waals surface area contributed by atoms with Crippen LogP contribution in [0.5, 0.6) is 0 Å². The number of allylic oxidation sites excluding steroid dienone is 4. The summed E-state index contributed by atoms with van der Waals surface area (Å²) in [6.07, 6.45) is 7.10. The van der Waals surface area contributed by atoms with E-state index in [2.05, 4.69) is 26.8 Å². The molecule has 0 bridgehead atoms. The van der Waals surface area contributed by atoms with Crippen molar-refractivity contribution in [1.29, 1.82) is 0 Å². The van der Waals surface area contributed by atoms with Gasteiger partial charge in [-0.15, -0.1) is 0 Å². The minimum Gasteiger partial charge on any atom is -0.289 e. The Morgan fingerprint density at radius 1 is 1.14 bits per heavy atom. The fraction of sp³-hybridized carbons (Fsp3) is 0.615. The summed E-state index contributed by atoms with van der Waals surface area (Å²) in [5.74, 6) is 0.272. The van der Waals surface area contributed by atoms with E-state index in [1.807, 2.05) is 13.0 Å². The first-order valence-electron chi connectivity index (χ1n) is 5.35. The highest BCUT2D eigenvalue weighted by Crippen LogP contribution is 2.28. The maximum absolute atomic E-state index is 11.9. The van der Waals surface area contributed by atoms with Crippen LogP contribution in [-0.4, -0.2) is 5.78 Å². The predicted molar refractivity (Wildman–Crippen MR) is 60.2 cm³/mol. The molecular formula is C13H20O. The first kappa shape index (κ1) is 11.2. The van der Waals surface area contributed by atoms with Gasteiger partial charge in [0, 0.05) is 0 Å². The molecule has 0 saturated heterocycles. The fourth-order valence-corrected chi connectivity index (χ4v) is 1.84. The van der Waals surface area contributed by atoms with Gasteiger partial charge in [-0.25, -0.2) is 0 Å². The number of carbonyl (C=O) groups excluding carboxylic acids is 1. The average Bonchev–Trinajstić information content (AvgIpc) is 2.06. The molecule has 0 unspecified atom stereocenters. The van der Waals surface area contributed by atoms with Crippen molar-refractivity contribution in [3.63, 3.8) is 0 Å². The summed E-state index contributed by atoms with van der Waals surface area (Å²) in [5.41, 5.74) is 2.12. The molecule has 1 heteroatoms. The second kappa shape index (κ2) is 4.12. The number of Topliss-reactive ketones (excluding diaryl/α,β-unsaturated/α-hetero) is 1. The number of hydrogen-bond donors (Lipinski definition) is 0. The number of ketones is 1. The lowest BCUT2D eigenvalue weighted by Crippen LogP contribution is -2.15. The first-order chi connectivity index (χ1) is 6.44. The molecule has 0 aliphatic heterocycles. The predicted octanol–water partition coefficient (Wildman–Crippen LogP) is 3.66.